The van der Waals surface area contributed by atoms with Crippen LogP contribution >= 0.6 is 11.6 Å². The van der Waals surface area contributed by atoms with E-state index >= 15 is 0 Å². The van der Waals surface area contributed by atoms with Crippen molar-refractivity contribution in [3.8, 4) is 0 Å². The number of rotatable bonds is 8. The van der Waals surface area contributed by atoms with E-state index in [1.807, 2.05) is 19.2 Å². The summed E-state index contributed by atoms with van der Waals surface area (Å²) in [7, 11) is 3.70. The summed E-state index contributed by atoms with van der Waals surface area (Å²) < 4.78 is 4.99. The third-order valence-electron chi connectivity index (χ3n) is 2.78. The first-order valence-electron chi connectivity index (χ1n) is 6.10. The van der Waals surface area contributed by atoms with Crippen molar-refractivity contribution in [2.24, 2.45) is 0 Å². The number of halogens is 1. The molecule has 0 atom stereocenters. The molecule has 0 saturated heterocycles. The van der Waals surface area contributed by atoms with Crippen LogP contribution < -0.4 is 0 Å². The van der Waals surface area contributed by atoms with Crippen LogP contribution in [0.15, 0.2) is 24.3 Å². The smallest absolute Gasteiger partial charge is 0.165 e. The summed E-state index contributed by atoms with van der Waals surface area (Å²) in [5.41, 5.74) is 0.615. The summed E-state index contributed by atoms with van der Waals surface area (Å²) in [6.07, 6.45) is 1.47. The average molecular weight is 270 g/mol. The number of Topliss-reactive ketones (excluding diaryl/α,β-unsaturated/α-hetero) is 1. The molecule has 0 aliphatic heterocycles. The van der Waals surface area contributed by atoms with E-state index < -0.39 is 0 Å². The molecule has 0 spiro atoms. The molecule has 4 heteroatoms. The topological polar surface area (TPSA) is 29.5 Å². The first-order chi connectivity index (χ1) is 8.65. The van der Waals surface area contributed by atoms with Gasteiger partial charge in [-0.15, -0.1) is 0 Å². The number of nitrogens with zero attached hydrogens (tertiary/aromatic N) is 1. The van der Waals surface area contributed by atoms with E-state index in [-0.39, 0.29) is 5.78 Å². The summed E-state index contributed by atoms with van der Waals surface area (Å²) in [5, 5.41) is 0.532. The molecule has 0 aromatic heterocycles. The van der Waals surface area contributed by atoms with Gasteiger partial charge in [0.15, 0.2) is 5.78 Å². The predicted molar refractivity (Wildman–Crippen MR) is 74.4 cm³/mol. The van der Waals surface area contributed by atoms with Crippen LogP contribution in [-0.4, -0.2) is 44.5 Å². The van der Waals surface area contributed by atoms with Gasteiger partial charge in [-0.2, -0.15) is 0 Å². The highest BCUT2D eigenvalue weighted by molar-refractivity contribution is 6.33. The SMILES string of the molecule is COCCCN(C)CCC(=O)c1ccccc1Cl. The Morgan fingerprint density at radius 3 is 2.72 bits per heavy atom. The quantitative estimate of drug-likeness (QED) is 0.537. The fourth-order valence-corrected chi connectivity index (χ4v) is 1.95. The largest absolute Gasteiger partial charge is 0.385 e. The van der Waals surface area contributed by atoms with Crippen LogP contribution in [-0.2, 0) is 4.74 Å². The second-order valence-electron chi connectivity index (χ2n) is 4.30. The van der Waals surface area contributed by atoms with Crippen molar-refractivity contribution in [1.82, 2.24) is 4.90 Å². The zero-order valence-electron chi connectivity index (χ0n) is 11.0. The molecule has 1 aromatic carbocycles. The third-order valence-corrected chi connectivity index (χ3v) is 3.11. The van der Waals surface area contributed by atoms with Crippen LogP contribution in [0, 0.1) is 0 Å². The molecule has 0 bridgehead atoms. The summed E-state index contributed by atoms with van der Waals surface area (Å²) in [6, 6.07) is 7.18. The fraction of sp³-hybridized carbons (Fsp3) is 0.500. The Labute approximate surface area is 114 Å². The molecule has 18 heavy (non-hydrogen) atoms. The lowest BCUT2D eigenvalue weighted by atomic mass is 10.1. The number of hydrogen-bond donors (Lipinski definition) is 0. The molecular weight excluding hydrogens is 250 g/mol. The van der Waals surface area contributed by atoms with E-state index in [0.717, 1.165) is 26.1 Å². The lowest BCUT2D eigenvalue weighted by Gasteiger charge is -2.15. The highest BCUT2D eigenvalue weighted by atomic mass is 35.5. The number of ether oxygens (including phenoxy) is 1. The molecule has 0 fully saturated rings. The van der Waals surface area contributed by atoms with Crippen LogP contribution in [0.3, 0.4) is 0 Å². The van der Waals surface area contributed by atoms with Gasteiger partial charge in [0.05, 0.1) is 5.02 Å². The predicted octanol–water partition coefficient (Wildman–Crippen LogP) is 2.88. The maximum atomic E-state index is 12.0. The summed E-state index contributed by atoms with van der Waals surface area (Å²) in [6.45, 7) is 2.43. The van der Waals surface area contributed by atoms with Crippen LogP contribution in [0.4, 0.5) is 0 Å². The van der Waals surface area contributed by atoms with Gasteiger partial charge in [-0.05, 0) is 25.6 Å². The molecule has 0 aliphatic carbocycles. The van der Waals surface area contributed by atoms with E-state index in [2.05, 4.69) is 4.90 Å². The number of carbonyl (C=O) groups is 1. The minimum Gasteiger partial charge on any atom is -0.385 e. The first kappa shape index (κ1) is 15.2. The molecule has 0 saturated carbocycles. The zero-order valence-corrected chi connectivity index (χ0v) is 11.7. The van der Waals surface area contributed by atoms with Gasteiger partial charge < -0.3 is 9.64 Å². The fourth-order valence-electron chi connectivity index (χ4n) is 1.71. The Hall–Kier alpha value is -0.900. The second-order valence-corrected chi connectivity index (χ2v) is 4.71. The molecule has 0 amide bonds. The third kappa shape index (κ3) is 5.17. The van der Waals surface area contributed by atoms with Gasteiger partial charge in [-0.1, -0.05) is 23.7 Å². The van der Waals surface area contributed by atoms with Crippen molar-refractivity contribution >= 4 is 17.4 Å². The van der Waals surface area contributed by atoms with E-state index in [1.54, 1.807) is 19.2 Å². The monoisotopic (exact) mass is 269 g/mol. The lowest BCUT2D eigenvalue weighted by Crippen LogP contribution is -2.23. The molecule has 1 aromatic rings. The van der Waals surface area contributed by atoms with E-state index in [9.17, 15) is 4.79 Å². The summed E-state index contributed by atoms with van der Waals surface area (Å²) >= 11 is 5.99. The Kier molecular flexibility index (Phi) is 6.94. The van der Waals surface area contributed by atoms with Crippen molar-refractivity contribution in [2.45, 2.75) is 12.8 Å². The Bertz CT molecular complexity index is 382. The van der Waals surface area contributed by atoms with Crippen LogP contribution in [0.25, 0.3) is 0 Å². The van der Waals surface area contributed by atoms with Gasteiger partial charge in [0, 0.05) is 38.8 Å². The molecule has 0 unspecified atom stereocenters. The molecular formula is C14H20ClNO2. The summed E-state index contributed by atoms with van der Waals surface area (Å²) in [5.74, 6) is 0.0965. The minimum atomic E-state index is 0.0965. The maximum absolute atomic E-state index is 12.0. The normalized spacial score (nSPS) is 10.9. The van der Waals surface area contributed by atoms with Gasteiger partial charge in [0.1, 0.15) is 0 Å². The van der Waals surface area contributed by atoms with E-state index in [4.69, 9.17) is 16.3 Å². The molecule has 0 radical (unpaired) electrons. The van der Waals surface area contributed by atoms with Crippen molar-refractivity contribution in [3.05, 3.63) is 34.9 Å². The minimum absolute atomic E-state index is 0.0965. The number of benzene rings is 1. The molecule has 100 valence electrons. The summed E-state index contributed by atoms with van der Waals surface area (Å²) in [4.78, 5) is 14.1. The number of ketones is 1. The molecule has 0 heterocycles. The van der Waals surface area contributed by atoms with Crippen molar-refractivity contribution in [1.29, 1.82) is 0 Å². The van der Waals surface area contributed by atoms with Crippen molar-refractivity contribution < 1.29 is 9.53 Å². The zero-order chi connectivity index (χ0) is 13.4. The Morgan fingerprint density at radius 1 is 1.33 bits per heavy atom. The molecule has 0 N–H and O–H groups in total. The van der Waals surface area contributed by atoms with Gasteiger partial charge in [0.25, 0.3) is 0 Å². The standard InChI is InChI=1S/C14H20ClNO2/c1-16(9-5-11-18-2)10-8-14(17)12-6-3-4-7-13(12)15/h3-4,6-7H,5,8-11H2,1-2H3. The second kappa shape index (κ2) is 8.25. The highest BCUT2D eigenvalue weighted by Crippen LogP contribution is 2.16. The van der Waals surface area contributed by atoms with Gasteiger partial charge in [-0.3, -0.25) is 4.79 Å². The molecule has 0 aliphatic rings. The number of carbonyl (C=O) groups excluding carboxylic acids is 1. The molecule has 1 rings (SSSR count). The number of hydrogen-bond acceptors (Lipinski definition) is 3. The first-order valence-corrected chi connectivity index (χ1v) is 6.48. The molecule has 3 nitrogen and oxygen atoms in total. The van der Waals surface area contributed by atoms with E-state index in [0.29, 0.717) is 17.0 Å². The van der Waals surface area contributed by atoms with Gasteiger partial charge in [0.2, 0.25) is 0 Å². The van der Waals surface area contributed by atoms with Crippen LogP contribution in [0.5, 0.6) is 0 Å². The number of methoxy groups -OCH3 is 1. The van der Waals surface area contributed by atoms with Crippen LogP contribution in [0.1, 0.15) is 23.2 Å². The van der Waals surface area contributed by atoms with Crippen molar-refractivity contribution in [2.75, 3.05) is 33.9 Å². The Morgan fingerprint density at radius 2 is 2.06 bits per heavy atom. The highest BCUT2D eigenvalue weighted by Gasteiger charge is 2.10. The average Bonchev–Trinajstić information content (AvgIpc) is 2.37. The lowest BCUT2D eigenvalue weighted by molar-refractivity contribution is 0.0967. The van der Waals surface area contributed by atoms with Crippen LogP contribution in [0.2, 0.25) is 5.02 Å². The van der Waals surface area contributed by atoms with Gasteiger partial charge >= 0.3 is 0 Å². The van der Waals surface area contributed by atoms with E-state index in [1.165, 1.54) is 0 Å². The maximum Gasteiger partial charge on any atom is 0.165 e. The van der Waals surface area contributed by atoms with Crippen molar-refractivity contribution in [3.63, 3.8) is 0 Å². The Balaban J connectivity index is 2.35. The van der Waals surface area contributed by atoms with Gasteiger partial charge in [-0.25, -0.2) is 0 Å².